The molecular formula is C20H33N3. The van der Waals surface area contributed by atoms with Crippen molar-refractivity contribution in [3.8, 4) is 0 Å². The first-order valence-corrected chi connectivity index (χ1v) is 9.51. The van der Waals surface area contributed by atoms with Crippen LogP contribution in [0, 0.1) is 0 Å². The minimum Gasteiger partial charge on any atom is -0.314 e. The third kappa shape index (κ3) is 5.30. The van der Waals surface area contributed by atoms with Crippen molar-refractivity contribution in [1.82, 2.24) is 15.1 Å². The number of hydrogen-bond donors (Lipinski definition) is 1. The van der Waals surface area contributed by atoms with Gasteiger partial charge in [0.2, 0.25) is 0 Å². The molecular weight excluding hydrogens is 282 g/mol. The van der Waals surface area contributed by atoms with E-state index < -0.39 is 0 Å². The molecule has 2 fully saturated rings. The van der Waals surface area contributed by atoms with Gasteiger partial charge in [0.05, 0.1) is 0 Å². The van der Waals surface area contributed by atoms with E-state index in [4.69, 9.17) is 0 Å². The minimum absolute atomic E-state index is 0.745. The Morgan fingerprint density at radius 3 is 2.52 bits per heavy atom. The Hall–Kier alpha value is -0.900. The van der Waals surface area contributed by atoms with Crippen LogP contribution in [0.3, 0.4) is 0 Å². The van der Waals surface area contributed by atoms with E-state index in [9.17, 15) is 0 Å². The summed E-state index contributed by atoms with van der Waals surface area (Å²) >= 11 is 0. The number of piperidine rings is 1. The van der Waals surface area contributed by atoms with Crippen molar-refractivity contribution in [2.45, 2.75) is 50.6 Å². The van der Waals surface area contributed by atoms with Gasteiger partial charge in [0.25, 0.3) is 0 Å². The molecule has 0 spiro atoms. The van der Waals surface area contributed by atoms with E-state index in [1.54, 1.807) is 0 Å². The lowest BCUT2D eigenvalue weighted by Gasteiger charge is -2.33. The van der Waals surface area contributed by atoms with Crippen LogP contribution in [0.4, 0.5) is 0 Å². The summed E-state index contributed by atoms with van der Waals surface area (Å²) < 4.78 is 0. The highest BCUT2D eigenvalue weighted by atomic mass is 15.2. The molecule has 128 valence electrons. The molecule has 1 N–H and O–H groups in total. The summed E-state index contributed by atoms with van der Waals surface area (Å²) in [6.07, 6.45) is 7.93. The number of rotatable bonds is 7. The predicted molar refractivity (Wildman–Crippen MR) is 97.9 cm³/mol. The highest BCUT2D eigenvalue weighted by Crippen LogP contribution is 2.18. The van der Waals surface area contributed by atoms with Crippen molar-refractivity contribution in [3.63, 3.8) is 0 Å². The van der Waals surface area contributed by atoms with E-state index >= 15 is 0 Å². The molecule has 2 aliphatic heterocycles. The molecule has 3 nitrogen and oxygen atoms in total. The topological polar surface area (TPSA) is 18.5 Å². The zero-order valence-electron chi connectivity index (χ0n) is 14.7. The molecule has 3 rings (SSSR count). The first-order chi connectivity index (χ1) is 11.3. The van der Waals surface area contributed by atoms with Crippen LogP contribution >= 0.6 is 0 Å². The van der Waals surface area contributed by atoms with Crippen LogP contribution in [0.15, 0.2) is 30.3 Å². The predicted octanol–water partition coefficient (Wildman–Crippen LogP) is 2.77. The van der Waals surface area contributed by atoms with Crippen molar-refractivity contribution >= 4 is 0 Å². The molecule has 0 saturated carbocycles. The Kier molecular flexibility index (Phi) is 6.49. The van der Waals surface area contributed by atoms with Crippen molar-refractivity contribution in [2.24, 2.45) is 0 Å². The van der Waals surface area contributed by atoms with Crippen molar-refractivity contribution < 1.29 is 0 Å². The van der Waals surface area contributed by atoms with Crippen molar-refractivity contribution in [1.29, 1.82) is 0 Å². The molecule has 3 heteroatoms. The first-order valence-electron chi connectivity index (χ1n) is 9.51. The third-order valence-electron chi connectivity index (χ3n) is 5.73. The largest absolute Gasteiger partial charge is 0.314 e. The fraction of sp³-hybridized carbons (Fsp3) is 0.700. The summed E-state index contributed by atoms with van der Waals surface area (Å²) in [5.74, 6) is 0. The molecule has 0 amide bonds. The summed E-state index contributed by atoms with van der Waals surface area (Å²) in [4.78, 5) is 5.17. The highest BCUT2D eigenvalue weighted by molar-refractivity contribution is 5.14. The van der Waals surface area contributed by atoms with Crippen LogP contribution in [-0.2, 0) is 6.42 Å². The SMILES string of the molecule is CN1CCC[C@H]1CCNC1CCN(CCc2ccccc2)CC1. The fourth-order valence-electron chi connectivity index (χ4n) is 4.09. The average molecular weight is 316 g/mol. The number of nitrogens with zero attached hydrogens (tertiary/aromatic N) is 2. The summed E-state index contributed by atoms with van der Waals surface area (Å²) in [5, 5.41) is 3.81. The second-order valence-electron chi connectivity index (χ2n) is 7.37. The zero-order valence-corrected chi connectivity index (χ0v) is 14.7. The van der Waals surface area contributed by atoms with Gasteiger partial charge in [-0.25, -0.2) is 0 Å². The normalized spacial score (nSPS) is 24.3. The molecule has 0 aliphatic carbocycles. The summed E-state index contributed by atoms with van der Waals surface area (Å²) in [7, 11) is 2.28. The number of hydrogen-bond acceptors (Lipinski definition) is 3. The van der Waals surface area contributed by atoms with Gasteiger partial charge in [0.1, 0.15) is 0 Å². The smallest absolute Gasteiger partial charge is 0.0105 e. The van der Waals surface area contributed by atoms with E-state index in [0.717, 1.165) is 12.1 Å². The van der Waals surface area contributed by atoms with Gasteiger partial charge in [-0.2, -0.15) is 0 Å². The molecule has 2 heterocycles. The Morgan fingerprint density at radius 1 is 1.04 bits per heavy atom. The Labute approximate surface area is 142 Å². The summed E-state index contributed by atoms with van der Waals surface area (Å²) in [6.45, 7) is 6.22. The summed E-state index contributed by atoms with van der Waals surface area (Å²) in [6, 6.07) is 12.5. The third-order valence-corrected chi connectivity index (χ3v) is 5.73. The minimum atomic E-state index is 0.745. The molecule has 1 aromatic carbocycles. The van der Waals surface area contributed by atoms with Gasteiger partial charge in [-0.05, 0) is 77.3 Å². The van der Waals surface area contributed by atoms with Gasteiger partial charge in [0, 0.05) is 18.6 Å². The van der Waals surface area contributed by atoms with Crippen LogP contribution in [-0.4, -0.2) is 61.7 Å². The zero-order chi connectivity index (χ0) is 15.9. The van der Waals surface area contributed by atoms with Crippen LogP contribution in [0.1, 0.15) is 37.7 Å². The standard InChI is InChI=1S/C20H33N3/c1-22-14-5-8-20(22)9-13-21-19-11-16-23(17-12-19)15-10-18-6-3-2-4-7-18/h2-4,6-7,19-21H,5,8-17H2,1H3/t20-/m0/s1. The first kappa shape index (κ1) is 16.9. The monoisotopic (exact) mass is 315 g/mol. The van der Waals surface area contributed by atoms with Gasteiger partial charge in [-0.3, -0.25) is 0 Å². The van der Waals surface area contributed by atoms with Crippen molar-refractivity contribution in [3.05, 3.63) is 35.9 Å². The maximum absolute atomic E-state index is 3.81. The van der Waals surface area contributed by atoms with Gasteiger partial charge >= 0.3 is 0 Å². The highest BCUT2D eigenvalue weighted by Gasteiger charge is 2.22. The Balaban J connectivity index is 1.28. The Morgan fingerprint density at radius 2 is 1.83 bits per heavy atom. The van der Waals surface area contributed by atoms with Gasteiger partial charge in [-0.15, -0.1) is 0 Å². The van der Waals surface area contributed by atoms with Gasteiger partial charge in [0.15, 0.2) is 0 Å². The van der Waals surface area contributed by atoms with Crippen LogP contribution in [0.25, 0.3) is 0 Å². The second kappa shape index (κ2) is 8.81. The molecule has 0 unspecified atom stereocenters. The quantitative estimate of drug-likeness (QED) is 0.835. The molecule has 0 aromatic heterocycles. The molecule has 1 atom stereocenters. The van der Waals surface area contributed by atoms with Crippen molar-refractivity contribution in [2.75, 3.05) is 39.8 Å². The second-order valence-corrected chi connectivity index (χ2v) is 7.37. The van der Waals surface area contributed by atoms with Gasteiger partial charge < -0.3 is 15.1 Å². The maximum atomic E-state index is 3.81. The van der Waals surface area contributed by atoms with E-state index in [1.807, 2.05) is 0 Å². The molecule has 0 bridgehead atoms. The fourth-order valence-corrected chi connectivity index (χ4v) is 4.09. The maximum Gasteiger partial charge on any atom is 0.0105 e. The lowest BCUT2D eigenvalue weighted by atomic mass is 10.0. The van der Waals surface area contributed by atoms with Crippen LogP contribution in [0.5, 0.6) is 0 Å². The lowest BCUT2D eigenvalue weighted by molar-refractivity contribution is 0.196. The average Bonchev–Trinajstić information content (AvgIpc) is 3.00. The Bertz CT molecular complexity index is 439. The van der Waals surface area contributed by atoms with Crippen LogP contribution in [0.2, 0.25) is 0 Å². The van der Waals surface area contributed by atoms with Gasteiger partial charge in [-0.1, -0.05) is 30.3 Å². The molecule has 1 aromatic rings. The van der Waals surface area contributed by atoms with E-state index in [-0.39, 0.29) is 0 Å². The number of nitrogens with one attached hydrogen (secondary N) is 1. The van der Waals surface area contributed by atoms with Crippen LogP contribution < -0.4 is 5.32 Å². The molecule has 0 radical (unpaired) electrons. The number of likely N-dealkylation sites (tertiary alicyclic amines) is 2. The van der Waals surface area contributed by atoms with E-state index in [1.165, 1.54) is 76.8 Å². The summed E-state index contributed by atoms with van der Waals surface area (Å²) in [5.41, 5.74) is 1.47. The molecule has 2 aliphatic rings. The van der Waals surface area contributed by atoms with E-state index in [0.29, 0.717) is 0 Å². The molecule has 23 heavy (non-hydrogen) atoms. The number of benzene rings is 1. The molecule has 2 saturated heterocycles. The van der Waals surface area contributed by atoms with E-state index in [2.05, 4.69) is 52.5 Å². The lowest BCUT2D eigenvalue weighted by Crippen LogP contribution is -2.44.